The van der Waals surface area contributed by atoms with E-state index < -0.39 is 0 Å². The number of hydrogen-bond donors (Lipinski definition) is 0. The van der Waals surface area contributed by atoms with Gasteiger partial charge >= 0.3 is 0 Å². The number of amides is 2. The summed E-state index contributed by atoms with van der Waals surface area (Å²) in [6, 6.07) is 3.70. The second-order valence-electron chi connectivity index (χ2n) is 6.06. The van der Waals surface area contributed by atoms with E-state index in [2.05, 4.69) is 15.9 Å². The van der Waals surface area contributed by atoms with Crippen LogP contribution in [0.1, 0.15) is 18.4 Å². The Morgan fingerprint density at radius 2 is 2.00 bits per heavy atom. The van der Waals surface area contributed by atoms with Crippen molar-refractivity contribution in [3.63, 3.8) is 0 Å². The van der Waals surface area contributed by atoms with E-state index >= 15 is 0 Å². The Labute approximate surface area is 149 Å². The molecular formula is C17H21BrN2O4. The lowest BCUT2D eigenvalue weighted by molar-refractivity contribution is -0.132. The number of ether oxygens (including phenoxy) is 2. The molecule has 3 rings (SSSR count). The van der Waals surface area contributed by atoms with Crippen LogP contribution in [-0.4, -0.2) is 61.5 Å². The fourth-order valence-corrected chi connectivity index (χ4v) is 3.34. The second kappa shape index (κ2) is 7.42. The van der Waals surface area contributed by atoms with Crippen LogP contribution in [0.5, 0.6) is 11.5 Å². The van der Waals surface area contributed by atoms with Crippen molar-refractivity contribution in [2.24, 2.45) is 0 Å². The minimum absolute atomic E-state index is 0.0130. The van der Waals surface area contributed by atoms with Gasteiger partial charge in [-0.05, 0) is 24.1 Å². The van der Waals surface area contributed by atoms with Crippen molar-refractivity contribution in [1.82, 2.24) is 9.80 Å². The lowest BCUT2D eigenvalue weighted by atomic mass is 10.1. The highest BCUT2D eigenvalue weighted by Gasteiger charge is 2.22. The standard InChI is InChI=1S/C17H21BrN2O4/c1-19(5-6-20-4-2-3-16(20)21)17(22)10-12-9-14-15(11-13(12)18)24-8-7-23-14/h9,11H,2-8,10H2,1H3. The number of fused-ring (bicyclic) bond motifs is 1. The maximum absolute atomic E-state index is 12.4. The predicted molar refractivity (Wildman–Crippen MR) is 92.3 cm³/mol. The number of likely N-dealkylation sites (tertiary alicyclic amines) is 1. The number of carbonyl (C=O) groups excluding carboxylic acids is 2. The average Bonchev–Trinajstić information content (AvgIpc) is 2.98. The molecule has 2 amide bonds. The normalized spacial score (nSPS) is 16.4. The molecule has 0 saturated carbocycles. The van der Waals surface area contributed by atoms with Gasteiger partial charge in [-0.15, -0.1) is 0 Å². The second-order valence-corrected chi connectivity index (χ2v) is 6.92. The van der Waals surface area contributed by atoms with Gasteiger partial charge in [0.1, 0.15) is 13.2 Å². The van der Waals surface area contributed by atoms with Gasteiger partial charge in [-0.1, -0.05) is 15.9 Å². The van der Waals surface area contributed by atoms with Gasteiger partial charge in [0.05, 0.1) is 6.42 Å². The molecule has 0 atom stereocenters. The Kier molecular flexibility index (Phi) is 5.28. The van der Waals surface area contributed by atoms with E-state index in [1.807, 2.05) is 17.0 Å². The van der Waals surface area contributed by atoms with Gasteiger partial charge < -0.3 is 19.3 Å². The third kappa shape index (κ3) is 3.83. The molecule has 0 N–H and O–H groups in total. The summed E-state index contributed by atoms with van der Waals surface area (Å²) >= 11 is 3.49. The van der Waals surface area contributed by atoms with Crippen LogP contribution in [0, 0.1) is 0 Å². The van der Waals surface area contributed by atoms with Gasteiger partial charge in [-0.3, -0.25) is 9.59 Å². The quantitative estimate of drug-likeness (QED) is 0.761. The van der Waals surface area contributed by atoms with Crippen molar-refractivity contribution in [2.45, 2.75) is 19.3 Å². The van der Waals surface area contributed by atoms with Crippen molar-refractivity contribution in [2.75, 3.05) is 39.9 Å². The van der Waals surface area contributed by atoms with E-state index in [1.54, 1.807) is 11.9 Å². The molecule has 2 aliphatic heterocycles. The Morgan fingerprint density at radius 3 is 2.67 bits per heavy atom. The van der Waals surface area contributed by atoms with Crippen LogP contribution in [0.4, 0.5) is 0 Å². The van der Waals surface area contributed by atoms with Crippen molar-refractivity contribution < 1.29 is 19.1 Å². The Morgan fingerprint density at radius 1 is 1.29 bits per heavy atom. The molecule has 1 aromatic rings. The molecule has 24 heavy (non-hydrogen) atoms. The zero-order valence-corrected chi connectivity index (χ0v) is 15.3. The first-order valence-corrected chi connectivity index (χ1v) is 8.93. The first-order valence-electron chi connectivity index (χ1n) is 8.14. The molecule has 1 saturated heterocycles. The summed E-state index contributed by atoms with van der Waals surface area (Å²) in [7, 11) is 1.77. The van der Waals surface area contributed by atoms with Gasteiger partial charge in [-0.2, -0.15) is 0 Å². The van der Waals surface area contributed by atoms with Crippen LogP contribution < -0.4 is 9.47 Å². The lowest BCUT2D eigenvalue weighted by Crippen LogP contribution is -2.37. The zero-order chi connectivity index (χ0) is 17.1. The summed E-state index contributed by atoms with van der Waals surface area (Å²) in [5, 5.41) is 0. The van der Waals surface area contributed by atoms with Gasteiger partial charge in [0.15, 0.2) is 11.5 Å². The van der Waals surface area contributed by atoms with Crippen LogP contribution in [0.15, 0.2) is 16.6 Å². The minimum Gasteiger partial charge on any atom is -0.486 e. The third-order valence-corrected chi connectivity index (χ3v) is 5.09. The molecule has 2 heterocycles. The van der Waals surface area contributed by atoms with E-state index in [9.17, 15) is 9.59 Å². The Hall–Kier alpha value is -1.76. The molecule has 0 spiro atoms. The van der Waals surface area contributed by atoms with E-state index in [-0.39, 0.29) is 18.2 Å². The molecule has 2 aliphatic rings. The van der Waals surface area contributed by atoms with Gasteiger partial charge in [0.25, 0.3) is 0 Å². The summed E-state index contributed by atoms with van der Waals surface area (Å²) < 4.78 is 11.9. The van der Waals surface area contributed by atoms with E-state index in [1.165, 1.54) is 0 Å². The van der Waals surface area contributed by atoms with E-state index in [0.717, 1.165) is 23.0 Å². The molecular weight excluding hydrogens is 376 g/mol. The van der Waals surface area contributed by atoms with E-state index in [4.69, 9.17) is 9.47 Å². The minimum atomic E-state index is 0.0130. The highest BCUT2D eigenvalue weighted by molar-refractivity contribution is 9.10. The number of nitrogens with zero attached hydrogens (tertiary/aromatic N) is 2. The predicted octanol–water partition coefficient (Wildman–Crippen LogP) is 1.84. The highest BCUT2D eigenvalue weighted by atomic mass is 79.9. The van der Waals surface area contributed by atoms with Crippen LogP contribution in [0.25, 0.3) is 0 Å². The fraction of sp³-hybridized carbons (Fsp3) is 0.529. The molecule has 7 heteroatoms. The smallest absolute Gasteiger partial charge is 0.226 e. The summed E-state index contributed by atoms with van der Waals surface area (Å²) in [6.45, 7) is 3.01. The summed E-state index contributed by atoms with van der Waals surface area (Å²) in [5.41, 5.74) is 0.869. The van der Waals surface area contributed by atoms with Gasteiger partial charge in [-0.25, -0.2) is 0 Å². The highest BCUT2D eigenvalue weighted by Crippen LogP contribution is 2.35. The zero-order valence-electron chi connectivity index (χ0n) is 13.7. The SMILES string of the molecule is CN(CCN1CCCC1=O)C(=O)Cc1cc2c(cc1Br)OCCO2. The lowest BCUT2D eigenvalue weighted by Gasteiger charge is -2.23. The van der Waals surface area contributed by atoms with Crippen LogP contribution >= 0.6 is 15.9 Å². The molecule has 1 fully saturated rings. The summed E-state index contributed by atoms with van der Waals surface area (Å²) in [4.78, 5) is 27.6. The number of carbonyl (C=O) groups is 2. The summed E-state index contributed by atoms with van der Waals surface area (Å²) in [5.74, 6) is 1.58. The first-order chi connectivity index (χ1) is 11.5. The average molecular weight is 397 g/mol. The van der Waals surface area contributed by atoms with Crippen molar-refractivity contribution in [3.05, 3.63) is 22.2 Å². The van der Waals surface area contributed by atoms with Crippen LogP contribution in [0.3, 0.4) is 0 Å². The number of likely N-dealkylation sites (N-methyl/N-ethyl adjacent to an activating group) is 1. The van der Waals surface area contributed by atoms with Crippen LogP contribution in [0.2, 0.25) is 0 Å². The molecule has 1 aromatic carbocycles. The van der Waals surface area contributed by atoms with Crippen molar-refractivity contribution in [1.29, 1.82) is 0 Å². The first kappa shape index (κ1) is 17.1. The van der Waals surface area contributed by atoms with Crippen molar-refractivity contribution >= 4 is 27.7 Å². The third-order valence-electron chi connectivity index (χ3n) is 4.36. The Balaban J connectivity index is 1.58. The molecule has 0 radical (unpaired) electrons. The topological polar surface area (TPSA) is 59.1 Å². The molecule has 0 unspecified atom stereocenters. The fourth-order valence-electron chi connectivity index (χ4n) is 2.88. The maximum atomic E-state index is 12.4. The van der Waals surface area contributed by atoms with Crippen LogP contribution in [-0.2, 0) is 16.0 Å². The molecule has 6 nitrogen and oxygen atoms in total. The number of benzene rings is 1. The number of hydrogen-bond acceptors (Lipinski definition) is 4. The van der Waals surface area contributed by atoms with Gasteiger partial charge in [0.2, 0.25) is 11.8 Å². The number of rotatable bonds is 5. The summed E-state index contributed by atoms with van der Waals surface area (Å²) in [6.07, 6.45) is 1.82. The molecule has 0 aromatic heterocycles. The van der Waals surface area contributed by atoms with Gasteiger partial charge in [0, 0.05) is 37.6 Å². The monoisotopic (exact) mass is 396 g/mol. The van der Waals surface area contributed by atoms with E-state index in [0.29, 0.717) is 44.2 Å². The number of halogens is 1. The maximum Gasteiger partial charge on any atom is 0.226 e. The molecule has 0 bridgehead atoms. The molecule has 0 aliphatic carbocycles. The molecule has 130 valence electrons. The largest absolute Gasteiger partial charge is 0.486 e. The van der Waals surface area contributed by atoms with Crippen molar-refractivity contribution in [3.8, 4) is 11.5 Å². The Bertz CT molecular complexity index is 650.